The number of rotatable bonds is 3. The van der Waals surface area contributed by atoms with Crippen LogP contribution in [0, 0.1) is 6.92 Å². The maximum atomic E-state index is 11.9. The van der Waals surface area contributed by atoms with Gasteiger partial charge in [0.15, 0.2) is 0 Å². The molecule has 0 fully saturated rings. The second kappa shape index (κ2) is 4.81. The first kappa shape index (κ1) is 13.0. The normalized spacial score (nSPS) is 12.9. The molecule has 20 heavy (non-hydrogen) atoms. The molecule has 0 amide bonds. The van der Waals surface area contributed by atoms with Gasteiger partial charge in [0.25, 0.3) is 0 Å². The number of carbonyl (C=O) groups excluding carboxylic acids is 1. The minimum absolute atomic E-state index is 0.316. The van der Waals surface area contributed by atoms with Gasteiger partial charge < -0.3 is 9.15 Å². The zero-order valence-electron chi connectivity index (χ0n) is 12.0. The van der Waals surface area contributed by atoms with E-state index in [4.69, 9.17) is 9.15 Å². The molecule has 2 aromatic rings. The second-order valence-electron chi connectivity index (χ2n) is 4.93. The zero-order valence-corrected chi connectivity index (χ0v) is 12.0. The van der Waals surface area contributed by atoms with Gasteiger partial charge in [-0.25, -0.2) is 4.79 Å². The molecule has 0 unspecified atom stereocenters. The third kappa shape index (κ3) is 1.85. The first-order valence-electron chi connectivity index (χ1n) is 7.01. The molecule has 2 aromatic heterocycles. The topological polar surface area (TPSA) is 57.3 Å². The molecule has 0 atom stereocenters. The molecule has 2 heterocycles. The molecule has 5 heteroatoms. The highest BCUT2D eigenvalue weighted by Gasteiger charge is 2.29. The van der Waals surface area contributed by atoms with Crippen LogP contribution in [0.4, 0.5) is 0 Å². The van der Waals surface area contributed by atoms with E-state index < -0.39 is 5.97 Å². The Labute approximate surface area is 117 Å². The van der Waals surface area contributed by atoms with Gasteiger partial charge in [-0.05, 0) is 32.8 Å². The summed E-state index contributed by atoms with van der Waals surface area (Å²) in [6.07, 6.45) is 3.78. The number of aromatic nitrogens is 2. The Morgan fingerprint density at radius 3 is 2.95 bits per heavy atom. The summed E-state index contributed by atoms with van der Waals surface area (Å²) in [6.45, 7) is 6.93. The van der Waals surface area contributed by atoms with Crippen molar-refractivity contribution >= 4 is 5.97 Å². The average Bonchev–Trinajstić information content (AvgIpc) is 2.99. The third-order valence-corrected chi connectivity index (χ3v) is 3.70. The highest BCUT2D eigenvalue weighted by molar-refractivity contribution is 5.91. The lowest BCUT2D eigenvalue weighted by Gasteiger charge is -2.09. The van der Waals surface area contributed by atoms with Gasteiger partial charge in [0.1, 0.15) is 5.76 Å². The monoisotopic (exact) mass is 274 g/mol. The van der Waals surface area contributed by atoms with Crippen molar-refractivity contribution in [3.05, 3.63) is 28.8 Å². The summed E-state index contributed by atoms with van der Waals surface area (Å²) in [5.74, 6) is 0.769. The van der Waals surface area contributed by atoms with Crippen LogP contribution in [0.25, 0.3) is 11.3 Å². The van der Waals surface area contributed by atoms with E-state index >= 15 is 0 Å². The summed E-state index contributed by atoms with van der Waals surface area (Å²) in [5.41, 5.74) is 3.98. The molecule has 0 N–H and O–H groups in total. The Hall–Kier alpha value is -2.04. The van der Waals surface area contributed by atoms with E-state index in [-0.39, 0.29) is 0 Å². The van der Waals surface area contributed by atoms with Crippen LogP contribution in [0.2, 0.25) is 0 Å². The van der Waals surface area contributed by atoms with E-state index in [0.29, 0.717) is 12.4 Å². The molecular formula is C15H18N2O3. The predicted octanol–water partition coefficient (Wildman–Crippen LogP) is 2.75. The minimum Gasteiger partial charge on any atom is -0.460 e. The quantitative estimate of drug-likeness (QED) is 0.807. The van der Waals surface area contributed by atoms with Crippen molar-refractivity contribution in [2.24, 2.45) is 0 Å². The fourth-order valence-corrected chi connectivity index (χ4v) is 2.72. The van der Waals surface area contributed by atoms with Crippen molar-refractivity contribution in [3.63, 3.8) is 0 Å². The van der Waals surface area contributed by atoms with Crippen molar-refractivity contribution in [2.45, 2.75) is 40.2 Å². The first-order valence-corrected chi connectivity index (χ1v) is 7.01. The van der Waals surface area contributed by atoms with Gasteiger partial charge >= 0.3 is 5.97 Å². The van der Waals surface area contributed by atoms with E-state index in [0.717, 1.165) is 42.0 Å². The number of nitrogens with zero attached hydrogens (tertiary/aromatic N) is 2. The smallest absolute Gasteiger partial charge is 0.374 e. The highest BCUT2D eigenvalue weighted by atomic mass is 16.5. The van der Waals surface area contributed by atoms with Gasteiger partial charge in [0, 0.05) is 30.3 Å². The Morgan fingerprint density at radius 2 is 2.25 bits per heavy atom. The fourth-order valence-electron chi connectivity index (χ4n) is 2.72. The highest BCUT2D eigenvalue weighted by Crippen LogP contribution is 2.38. The number of fused-ring (bicyclic) bond motifs is 3. The van der Waals surface area contributed by atoms with E-state index in [1.807, 2.05) is 11.6 Å². The number of furan rings is 1. The second-order valence-corrected chi connectivity index (χ2v) is 4.93. The maximum Gasteiger partial charge on any atom is 0.374 e. The Balaban J connectivity index is 2.10. The van der Waals surface area contributed by atoms with Crippen LogP contribution in [0.3, 0.4) is 0 Å². The van der Waals surface area contributed by atoms with Crippen molar-refractivity contribution in [2.75, 3.05) is 6.61 Å². The largest absolute Gasteiger partial charge is 0.460 e. The van der Waals surface area contributed by atoms with E-state index in [1.165, 1.54) is 5.56 Å². The molecule has 3 rings (SSSR count). The summed E-state index contributed by atoms with van der Waals surface area (Å²) < 4.78 is 12.7. The molecular weight excluding hydrogens is 256 g/mol. The third-order valence-electron chi connectivity index (χ3n) is 3.70. The molecule has 0 aromatic carbocycles. The molecule has 1 aliphatic rings. The molecule has 5 nitrogen and oxygen atoms in total. The van der Waals surface area contributed by atoms with Crippen LogP contribution in [0.1, 0.15) is 41.3 Å². The van der Waals surface area contributed by atoms with Gasteiger partial charge in [-0.2, -0.15) is 5.10 Å². The molecule has 0 spiro atoms. The summed E-state index contributed by atoms with van der Waals surface area (Å²) in [4.78, 5) is 11.9. The number of carbonyl (C=O) groups is 1. The SMILES string of the molecule is CCOC(=O)c1oc2c(c1C)-c1nn(CC)cc1CC2. The average molecular weight is 274 g/mol. The summed E-state index contributed by atoms with van der Waals surface area (Å²) in [7, 11) is 0. The lowest BCUT2D eigenvalue weighted by molar-refractivity contribution is 0.0487. The molecule has 0 radical (unpaired) electrons. The van der Waals surface area contributed by atoms with Crippen LogP contribution in [0.15, 0.2) is 10.6 Å². The summed E-state index contributed by atoms with van der Waals surface area (Å²) in [5, 5.41) is 4.59. The van der Waals surface area contributed by atoms with Crippen LogP contribution >= 0.6 is 0 Å². The molecule has 0 bridgehead atoms. The van der Waals surface area contributed by atoms with Gasteiger partial charge in [-0.15, -0.1) is 0 Å². The van der Waals surface area contributed by atoms with Crippen molar-refractivity contribution in [3.8, 4) is 11.3 Å². The van der Waals surface area contributed by atoms with Gasteiger partial charge in [-0.3, -0.25) is 4.68 Å². The standard InChI is InChI=1S/C15H18N2O3/c1-4-17-8-10-6-7-11-12(13(10)16-17)9(3)14(20-11)15(18)19-5-2/h8H,4-7H2,1-3H3. The maximum absolute atomic E-state index is 11.9. The van der Waals surface area contributed by atoms with Gasteiger partial charge in [0.05, 0.1) is 12.3 Å². The molecule has 0 saturated carbocycles. The van der Waals surface area contributed by atoms with Crippen molar-refractivity contribution < 1.29 is 13.9 Å². The van der Waals surface area contributed by atoms with Gasteiger partial charge in [-0.1, -0.05) is 0 Å². The number of ether oxygens (including phenoxy) is 1. The van der Waals surface area contributed by atoms with Crippen LogP contribution in [0.5, 0.6) is 0 Å². The number of esters is 1. The van der Waals surface area contributed by atoms with E-state index in [2.05, 4.69) is 18.2 Å². The minimum atomic E-state index is -0.393. The lowest BCUT2D eigenvalue weighted by atomic mass is 9.94. The molecule has 0 aliphatic heterocycles. The molecule has 0 saturated heterocycles. The molecule has 106 valence electrons. The predicted molar refractivity (Wildman–Crippen MR) is 73.7 cm³/mol. The summed E-state index contributed by atoms with van der Waals surface area (Å²) >= 11 is 0. The van der Waals surface area contributed by atoms with Crippen LogP contribution < -0.4 is 0 Å². The summed E-state index contributed by atoms with van der Waals surface area (Å²) in [6, 6.07) is 0. The molecule has 1 aliphatic carbocycles. The first-order chi connectivity index (χ1) is 9.65. The number of aryl methyl sites for hydroxylation is 3. The van der Waals surface area contributed by atoms with Gasteiger partial charge in [0.2, 0.25) is 5.76 Å². The Kier molecular flexibility index (Phi) is 3.12. The van der Waals surface area contributed by atoms with Crippen molar-refractivity contribution in [1.82, 2.24) is 9.78 Å². The van der Waals surface area contributed by atoms with Crippen LogP contribution in [-0.4, -0.2) is 22.4 Å². The lowest BCUT2D eigenvalue weighted by Crippen LogP contribution is -2.04. The number of hydrogen-bond donors (Lipinski definition) is 0. The van der Waals surface area contributed by atoms with E-state index in [1.54, 1.807) is 6.92 Å². The van der Waals surface area contributed by atoms with Crippen LogP contribution in [-0.2, 0) is 24.1 Å². The number of hydrogen-bond acceptors (Lipinski definition) is 4. The zero-order chi connectivity index (χ0) is 14.3. The van der Waals surface area contributed by atoms with E-state index in [9.17, 15) is 4.79 Å². The fraction of sp³-hybridized carbons (Fsp3) is 0.467. The van der Waals surface area contributed by atoms with Crippen molar-refractivity contribution in [1.29, 1.82) is 0 Å². The Morgan fingerprint density at radius 1 is 1.45 bits per heavy atom. The Bertz CT molecular complexity index is 667.